The zero-order valence-electron chi connectivity index (χ0n) is 11.9. The monoisotopic (exact) mass is 291 g/mol. The standard InChI is InChI=1S/C13H20F3N3O/c1-12(2,3)19-9-8-18-10(11(19)20)17-7-5-4-6-13(14,15)16/h8-9H,4-7H2,1-3H3,(H,17,18). The number of aromatic nitrogens is 2. The van der Waals surface area contributed by atoms with Gasteiger partial charge in [0.25, 0.3) is 5.56 Å². The minimum absolute atomic E-state index is 0.0385. The van der Waals surface area contributed by atoms with Gasteiger partial charge in [0.2, 0.25) is 0 Å². The fourth-order valence-corrected chi connectivity index (χ4v) is 1.72. The van der Waals surface area contributed by atoms with Gasteiger partial charge < -0.3 is 9.88 Å². The Morgan fingerprint density at radius 2 is 1.90 bits per heavy atom. The van der Waals surface area contributed by atoms with E-state index < -0.39 is 12.6 Å². The summed E-state index contributed by atoms with van der Waals surface area (Å²) in [6.45, 7) is 5.97. The van der Waals surface area contributed by atoms with Crippen LogP contribution < -0.4 is 10.9 Å². The first kappa shape index (κ1) is 16.5. The highest BCUT2D eigenvalue weighted by molar-refractivity contribution is 5.30. The zero-order chi connectivity index (χ0) is 15.4. The Labute approximate surface area is 116 Å². The predicted molar refractivity (Wildman–Crippen MR) is 71.9 cm³/mol. The van der Waals surface area contributed by atoms with Gasteiger partial charge in [-0.2, -0.15) is 13.2 Å². The summed E-state index contributed by atoms with van der Waals surface area (Å²) in [5.41, 5.74) is -0.636. The maximum absolute atomic E-state index is 12.1. The van der Waals surface area contributed by atoms with Crippen molar-refractivity contribution in [2.24, 2.45) is 0 Å². The van der Waals surface area contributed by atoms with Crippen LogP contribution in [0.5, 0.6) is 0 Å². The van der Waals surface area contributed by atoms with E-state index in [0.29, 0.717) is 13.0 Å². The van der Waals surface area contributed by atoms with Crippen LogP contribution in [0.3, 0.4) is 0 Å². The van der Waals surface area contributed by atoms with Crippen LogP contribution >= 0.6 is 0 Å². The summed E-state index contributed by atoms with van der Waals surface area (Å²) in [6, 6.07) is 0. The predicted octanol–water partition coefficient (Wildman–Crippen LogP) is 3.14. The third-order valence-electron chi connectivity index (χ3n) is 2.74. The molecule has 0 aliphatic carbocycles. The van der Waals surface area contributed by atoms with Crippen molar-refractivity contribution in [3.8, 4) is 0 Å². The molecule has 1 aromatic rings. The molecular formula is C13H20F3N3O. The van der Waals surface area contributed by atoms with E-state index in [-0.39, 0.29) is 23.3 Å². The summed E-state index contributed by atoms with van der Waals surface area (Å²) in [5.74, 6) is 0.175. The van der Waals surface area contributed by atoms with Crippen LogP contribution in [0.25, 0.3) is 0 Å². The first-order valence-electron chi connectivity index (χ1n) is 6.50. The van der Waals surface area contributed by atoms with Gasteiger partial charge >= 0.3 is 6.18 Å². The number of nitrogens with one attached hydrogen (secondary N) is 1. The topological polar surface area (TPSA) is 46.9 Å². The molecule has 0 saturated heterocycles. The molecule has 114 valence electrons. The summed E-state index contributed by atoms with van der Waals surface area (Å²) < 4.78 is 37.4. The Morgan fingerprint density at radius 1 is 1.25 bits per heavy atom. The molecule has 0 aliphatic rings. The van der Waals surface area contributed by atoms with Crippen molar-refractivity contribution < 1.29 is 13.2 Å². The Bertz CT molecular complexity index is 489. The van der Waals surface area contributed by atoms with Gasteiger partial charge in [0.15, 0.2) is 5.82 Å². The zero-order valence-corrected chi connectivity index (χ0v) is 11.9. The lowest BCUT2D eigenvalue weighted by Gasteiger charge is -2.22. The highest BCUT2D eigenvalue weighted by Crippen LogP contribution is 2.22. The van der Waals surface area contributed by atoms with Crippen LogP contribution in [0.1, 0.15) is 40.0 Å². The van der Waals surface area contributed by atoms with E-state index in [1.54, 1.807) is 6.20 Å². The number of hydrogen-bond donors (Lipinski definition) is 1. The van der Waals surface area contributed by atoms with Crippen molar-refractivity contribution in [1.82, 2.24) is 9.55 Å². The third-order valence-corrected chi connectivity index (χ3v) is 2.74. The second-order valence-electron chi connectivity index (χ2n) is 5.62. The molecule has 7 heteroatoms. The maximum Gasteiger partial charge on any atom is 0.389 e. The minimum Gasteiger partial charge on any atom is -0.365 e. The number of hydrogen-bond acceptors (Lipinski definition) is 3. The molecule has 0 saturated carbocycles. The Morgan fingerprint density at radius 3 is 2.45 bits per heavy atom. The number of halogens is 3. The van der Waals surface area contributed by atoms with Gasteiger partial charge in [-0.3, -0.25) is 4.79 Å². The van der Waals surface area contributed by atoms with Crippen molar-refractivity contribution in [3.63, 3.8) is 0 Å². The smallest absolute Gasteiger partial charge is 0.365 e. The summed E-state index contributed by atoms with van der Waals surface area (Å²) in [5, 5.41) is 2.80. The maximum atomic E-state index is 12.1. The van der Waals surface area contributed by atoms with Gasteiger partial charge in [-0.15, -0.1) is 0 Å². The molecule has 0 radical (unpaired) electrons. The van der Waals surface area contributed by atoms with Crippen LogP contribution in [-0.2, 0) is 5.54 Å². The number of nitrogens with zero attached hydrogens (tertiary/aromatic N) is 2. The molecule has 1 aromatic heterocycles. The number of anilines is 1. The summed E-state index contributed by atoms with van der Waals surface area (Å²) >= 11 is 0. The first-order valence-corrected chi connectivity index (χ1v) is 6.50. The fourth-order valence-electron chi connectivity index (χ4n) is 1.72. The molecular weight excluding hydrogens is 271 g/mol. The summed E-state index contributed by atoms with van der Waals surface area (Å²) in [4.78, 5) is 16.0. The largest absolute Gasteiger partial charge is 0.389 e. The minimum atomic E-state index is -4.12. The van der Waals surface area contributed by atoms with Gasteiger partial charge in [-0.05, 0) is 33.6 Å². The Hall–Kier alpha value is -1.53. The molecule has 4 nitrogen and oxygen atoms in total. The molecule has 1 rings (SSSR count). The van der Waals surface area contributed by atoms with Gasteiger partial charge in [0.1, 0.15) is 0 Å². The molecule has 0 atom stereocenters. The molecule has 0 unspecified atom stereocenters. The van der Waals surface area contributed by atoms with Crippen molar-refractivity contribution >= 4 is 5.82 Å². The molecule has 0 spiro atoms. The molecule has 0 aliphatic heterocycles. The Balaban J connectivity index is 2.56. The molecule has 1 heterocycles. The highest BCUT2D eigenvalue weighted by atomic mass is 19.4. The molecule has 0 fully saturated rings. The van der Waals surface area contributed by atoms with Crippen LogP contribution in [0.2, 0.25) is 0 Å². The van der Waals surface area contributed by atoms with Crippen LogP contribution in [0, 0.1) is 0 Å². The van der Waals surface area contributed by atoms with E-state index >= 15 is 0 Å². The van der Waals surface area contributed by atoms with E-state index in [1.165, 1.54) is 10.8 Å². The van der Waals surface area contributed by atoms with E-state index in [4.69, 9.17) is 0 Å². The van der Waals surface area contributed by atoms with Crippen LogP contribution in [-0.4, -0.2) is 22.3 Å². The number of alkyl halides is 3. The van der Waals surface area contributed by atoms with E-state index in [2.05, 4.69) is 10.3 Å². The lowest BCUT2D eigenvalue weighted by molar-refractivity contribution is -0.135. The van der Waals surface area contributed by atoms with Crippen molar-refractivity contribution in [2.45, 2.75) is 51.7 Å². The van der Waals surface area contributed by atoms with Gasteiger partial charge in [0.05, 0.1) is 0 Å². The quantitative estimate of drug-likeness (QED) is 0.848. The van der Waals surface area contributed by atoms with E-state index in [0.717, 1.165) is 0 Å². The lowest BCUT2D eigenvalue weighted by atomic mass is 10.1. The number of rotatable bonds is 5. The Kier molecular flexibility index (Phi) is 5.19. The molecule has 0 bridgehead atoms. The van der Waals surface area contributed by atoms with E-state index in [9.17, 15) is 18.0 Å². The normalized spacial score (nSPS) is 12.5. The van der Waals surface area contributed by atoms with E-state index in [1.807, 2.05) is 20.8 Å². The average Bonchev–Trinajstić information content (AvgIpc) is 2.27. The van der Waals surface area contributed by atoms with Crippen molar-refractivity contribution in [3.05, 3.63) is 22.7 Å². The molecule has 0 amide bonds. The fraction of sp³-hybridized carbons (Fsp3) is 0.692. The SMILES string of the molecule is CC(C)(C)n1ccnc(NCCCCC(F)(F)F)c1=O. The first-order chi connectivity index (χ1) is 9.11. The van der Waals surface area contributed by atoms with Gasteiger partial charge in [0, 0.05) is 30.9 Å². The van der Waals surface area contributed by atoms with Crippen LogP contribution in [0.4, 0.5) is 19.0 Å². The second kappa shape index (κ2) is 6.28. The molecule has 1 N–H and O–H groups in total. The average molecular weight is 291 g/mol. The third kappa shape index (κ3) is 5.22. The number of unbranched alkanes of at least 4 members (excludes halogenated alkanes) is 1. The molecule has 0 aromatic carbocycles. The summed E-state index contributed by atoms with van der Waals surface area (Å²) in [7, 11) is 0. The van der Waals surface area contributed by atoms with Crippen LogP contribution in [0.15, 0.2) is 17.2 Å². The summed E-state index contributed by atoms with van der Waals surface area (Å²) in [6.07, 6.45) is -1.45. The molecule has 20 heavy (non-hydrogen) atoms. The lowest BCUT2D eigenvalue weighted by Crippen LogP contribution is -2.35. The van der Waals surface area contributed by atoms with Crippen molar-refractivity contribution in [1.29, 1.82) is 0 Å². The van der Waals surface area contributed by atoms with Gasteiger partial charge in [-0.25, -0.2) is 4.98 Å². The highest BCUT2D eigenvalue weighted by Gasteiger charge is 2.25. The van der Waals surface area contributed by atoms with Crippen molar-refractivity contribution in [2.75, 3.05) is 11.9 Å². The second-order valence-corrected chi connectivity index (χ2v) is 5.62. The van der Waals surface area contributed by atoms with Gasteiger partial charge in [-0.1, -0.05) is 0 Å².